The summed E-state index contributed by atoms with van der Waals surface area (Å²) in [5, 5.41) is 0.506. The van der Waals surface area contributed by atoms with Gasteiger partial charge >= 0.3 is 0 Å². The lowest BCUT2D eigenvalue weighted by molar-refractivity contribution is 0.736. The third-order valence-corrected chi connectivity index (χ3v) is 9.30. The molecule has 1 aromatic rings. The number of hydrogen-bond donors (Lipinski definition) is 0. The lowest BCUT2D eigenvalue weighted by atomic mass is 10.1. The summed E-state index contributed by atoms with van der Waals surface area (Å²) in [6.07, 6.45) is 2.15. The number of thioether (sulfide) groups is 3. The predicted octanol–water partition coefficient (Wildman–Crippen LogP) is 5.22. The van der Waals surface area contributed by atoms with E-state index in [1.165, 1.54) is 11.4 Å². The Balaban J connectivity index is 2.02. The zero-order chi connectivity index (χ0) is 16.7. The average molecular weight is 401 g/mol. The van der Waals surface area contributed by atoms with Gasteiger partial charge in [-0.05, 0) is 32.2 Å². The van der Waals surface area contributed by atoms with Crippen LogP contribution in [-0.4, -0.2) is 36.8 Å². The zero-order valence-corrected chi connectivity index (χ0v) is 17.6. The molecule has 2 nitrogen and oxygen atoms in total. The van der Waals surface area contributed by atoms with Crippen LogP contribution in [0, 0.1) is 0 Å². The maximum absolute atomic E-state index is 5.68. The maximum atomic E-state index is 5.68. The smallest absolute Gasteiger partial charge is 0.142 e. The molecule has 0 saturated carbocycles. The third kappa shape index (κ3) is 3.15. The summed E-state index contributed by atoms with van der Waals surface area (Å²) in [6.45, 7) is 6.75. The number of anilines is 2. The van der Waals surface area contributed by atoms with Crippen molar-refractivity contribution in [2.45, 2.75) is 42.7 Å². The fourth-order valence-electron chi connectivity index (χ4n) is 2.99. The standard InChI is InChI=1S/C16H20N2S5/c1-9-11(3)22-15(19)17(9)12-7-5-6-8-13(12)18-10(2)14(21-4)23-16(18)20/h5-11,14H,1-4H3. The first-order valence-corrected chi connectivity index (χ1v) is 11.4. The average Bonchev–Trinajstić information content (AvgIpc) is 2.95. The molecule has 124 valence electrons. The van der Waals surface area contributed by atoms with Crippen LogP contribution in [0.4, 0.5) is 11.4 Å². The Labute approximate surface area is 162 Å². The number of thiocarbonyl (C=S) groups is 2. The zero-order valence-electron chi connectivity index (χ0n) is 13.6. The Morgan fingerprint density at radius 3 is 1.87 bits per heavy atom. The van der Waals surface area contributed by atoms with Crippen molar-refractivity contribution in [1.29, 1.82) is 0 Å². The monoisotopic (exact) mass is 400 g/mol. The minimum atomic E-state index is 0.375. The van der Waals surface area contributed by atoms with Crippen LogP contribution in [0.5, 0.6) is 0 Å². The Bertz CT molecular complexity index is 635. The highest BCUT2D eigenvalue weighted by molar-refractivity contribution is 8.31. The summed E-state index contributed by atoms with van der Waals surface area (Å²) in [6, 6.07) is 9.29. The van der Waals surface area contributed by atoms with E-state index in [2.05, 4.69) is 61.1 Å². The van der Waals surface area contributed by atoms with E-state index < -0.39 is 0 Å². The van der Waals surface area contributed by atoms with Crippen molar-refractivity contribution < 1.29 is 0 Å². The summed E-state index contributed by atoms with van der Waals surface area (Å²) in [4.78, 5) is 4.60. The van der Waals surface area contributed by atoms with Gasteiger partial charge in [0.2, 0.25) is 0 Å². The number of rotatable bonds is 3. The van der Waals surface area contributed by atoms with Crippen molar-refractivity contribution >= 4 is 79.7 Å². The molecule has 2 aliphatic rings. The second kappa shape index (κ2) is 7.12. The van der Waals surface area contributed by atoms with Gasteiger partial charge in [-0.25, -0.2) is 0 Å². The molecule has 2 aliphatic heterocycles. The van der Waals surface area contributed by atoms with E-state index in [4.69, 9.17) is 24.4 Å². The Morgan fingerprint density at radius 1 is 0.913 bits per heavy atom. The van der Waals surface area contributed by atoms with Gasteiger partial charge in [0.25, 0.3) is 0 Å². The predicted molar refractivity (Wildman–Crippen MR) is 117 cm³/mol. The van der Waals surface area contributed by atoms with E-state index in [9.17, 15) is 0 Å². The van der Waals surface area contributed by atoms with Gasteiger partial charge < -0.3 is 9.80 Å². The van der Waals surface area contributed by atoms with E-state index in [0.717, 1.165) is 8.64 Å². The maximum Gasteiger partial charge on any atom is 0.142 e. The normalized spacial score (nSPS) is 31.3. The molecule has 23 heavy (non-hydrogen) atoms. The molecule has 0 bridgehead atoms. The van der Waals surface area contributed by atoms with Crippen LogP contribution in [0.1, 0.15) is 20.8 Å². The Morgan fingerprint density at radius 2 is 1.43 bits per heavy atom. The fraction of sp³-hybridized carbons (Fsp3) is 0.500. The summed E-state index contributed by atoms with van der Waals surface area (Å²) >= 11 is 16.8. The van der Waals surface area contributed by atoms with E-state index in [1.54, 1.807) is 23.5 Å². The van der Waals surface area contributed by atoms with E-state index in [-0.39, 0.29) is 0 Å². The van der Waals surface area contributed by atoms with E-state index >= 15 is 0 Å². The number of hydrogen-bond acceptors (Lipinski definition) is 5. The van der Waals surface area contributed by atoms with Gasteiger partial charge in [0.1, 0.15) is 8.64 Å². The molecular weight excluding hydrogens is 381 g/mol. The van der Waals surface area contributed by atoms with Crippen LogP contribution in [0.2, 0.25) is 0 Å². The Kier molecular flexibility index (Phi) is 5.53. The summed E-state index contributed by atoms with van der Waals surface area (Å²) in [5.74, 6) is 0. The van der Waals surface area contributed by atoms with Crippen molar-refractivity contribution in [3.05, 3.63) is 24.3 Å². The molecule has 4 unspecified atom stereocenters. The molecule has 1 aromatic carbocycles. The SMILES string of the molecule is CSC1SC(=S)N(c2ccccc2N2C(=S)SC(C)C2C)C1C. The van der Waals surface area contributed by atoms with Gasteiger partial charge in [0.15, 0.2) is 0 Å². The molecule has 0 aliphatic carbocycles. The van der Waals surface area contributed by atoms with Crippen LogP contribution in [-0.2, 0) is 0 Å². The van der Waals surface area contributed by atoms with Crippen LogP contribution < -0.4 is 9.80 Å². The van der Waals surface area contributed by atoms with Crippen molar-refractivity contribution in [2.75, 3.05) is 16.1 Å². The molecule has 3 rings (SSSR count). The lowest BCUT2D eigenvalue weighted by Gasteiger charge is -2.32. The minimum absolute atomic E-state index is 0.375. The van der Waals surface area contributed by atoms with Gasteiger partial charge in [0.05, 0.1) is 22.0 Å². The summed E-state index contributed by atoms with van der Waals surface area (Å²) in [7, 11) is 0. The first-order chi connectivity index (χ1) is 11.0. The van der Waals surface area contributed by atoms with Gasteiger partial charge in [-0.3, -0.25) is 0 Å². The molecule has 0 amide bonds. The van der Waals surface area contributed by atoms with Crippen LogP contribution in [0.3, 0.4) is 0 Å². The molecule has 7 heteroatoms. The number of nitrogens with zero attached hydrogens (tertiary/aromatic N) is 2. The van der Waals surface area contributed by atoms with Crippen LogP contribution in [0.15, 0.2) is 24.3 Å². The minimum Gasteiger partial charge on any atom is -0.322 e. The lowest BCUT2D eigenvalue weighted by Crippen LogP contribution is -2.37. The topological polar surface area (TPSA) is 6.48 Å². The van der Waals surface area contributed by atoms with Gasteiger partial charge in [0, 0.05) is 11.3 Å². The fourth-order valence-corrected chi connectivity index (χ4v) is 7.55. The highest BCUT2D eigenvalue weighted by atomic mass is 32.2. The van der Waals surface area contributed by atoms with Crippen molar-refractivity contribution in [3.8, 4) is 0 Å². The molecule has 0 N–H and O–H groups in total. The van der Waals surface area contributed by atoms with E-state index in [0.29, 0.717) is 21.9 Å². The molecule has 2 heterocycles. The quantitative estimate of drug-likeness (QED) is 0.634. The molecular formula is C16H20N2S5. The second-order valence-electron chi connectivity index (χ2n) is 5.79. The molecule has 2 saturated heterocycles. The molecule has 0 aromatic heterocycles. The largest absolute Gasteiger partial charge is 0.322 e. The van der Waals surface area contributed by atoms with Gasteiger partial charge in [-0.2, -0.15) is 0 Å². The molecule has 2 fully saturated rings. The first-order valence-electron chi connectivity index (χ1n) is 7.57. The Hall–Kier alpha value is 0.0500. The number of para-hydroxylation sites is 2. The summed E-state index contributed by atoms with van der Waals surface area (Å²) < 4.78 is 2.40. The second-order valence-corrected chi connectivity index (χ2v) is 10.9. The van der Waals surface area contributed by atoms with Gasteiger partial charge in [-0.1, -0.05) is 67.0 Å². The highest BCUT2D eigenvalue weighted by Crippen LogP contribution is 2.46. The molecule has 4 atom stereocenters. The van der Waals surface area contributed by atoms with Crippen LogP contribution in [0.25, 0.3) is 0 Å². The highest BCUT2D eigenvalue weighted by Gasteiger charge is 2.39. The van der Waals surface area contributed by atoms with Gasteiger partial charge in [-0.15, -0.1) is 11.8 Å². The number of benzene rings is 1. The third-order valence-electron chi connectivity index (χ3n) is 4.42. The molecule has 0 spiro atoms. The first kappa shape index (κ1) is 17.9. The van der Waals surface area contributed by atoms with E-state index in [1.807, 2.05) is 11.8 Å². The van der Waals surface area contributed by atoms with Crippen molar-refractivity contribution in [3.63, 3.8) is 0 Å². The van der Waals surface area contributed by atoms with Crippen molar-refractivity contribution in [2.24, 2.45) is 0 Å². The molecule has 0 radical (unpaired) electrons. The van der Waals surface area contributed by atoms with Crippen molar-refractivity contribution in [1.82, 2.24) is 0 Å². The van der Waals surface area contributed by atoms with Crippen LogP contribution >= 0.6 is 59.7 Å². The summed E-state index contributed by atoms with van der Waals surface area (Å²) in [5.41, 5.74) is 2.36.